The maximum Gasteiger partial charge on any atom is 0.210 e. The lowest BCUT2D eigenvalue weighted by Gasteiger charge is -2.20. The van der Waals surface area contributed by atoms with E-state index in [4.69, 9.17) is 0 Å². The summed E-state index contributed by atoms with van der Waals surface area (Å²) in [5.74, 6) is 0. The summed E-state index contributed by atoms with van der Waals surface area (Å²) in [4.78, 5) is 0.889. The number of halogens is 6. The Kier molecular flexibility index (Phi) is 8.53. The zero-order valence-corrected chi connectivity index (χ0v) is 27.3. The molecular weight excluding hydrogens is 1020 g/mol. The van der Waals surface area contributed by atoms with E-state index < -0.39 is 9.84 Å². The fraction of sp³-hybridized carbons (Fsp3) is 0.250. The van der Waals surface area contributed by atoms with Crippen molar-refractivity contribution >= 4 is 145 Å². The van der Waals surface area contributed by atoms with Crippen LogP contribution in [0, 0.1) is 49.1 Å². The number of sulfone groups is 1. The Balaban J connectivity index is 3.02. The smallest absolute Gasteiger partial charge is 0.210 e. The van der Waals surface area contributed by atoms with Crippen LogP contribution in [0.3, 0.4) is 0 Å². The summed E-state index contributed by atoms with van der Waals surface area (Å²) in [6.45, 7) is 7.97. The normalized spacial score (nSPS) is 11.9. The average molecular weight is 1030 g/mol. The highest BCUT2D eigenvalue weighted by Gasteiger charge is 2.32. The van der Waals surface area contributed by atoms with Gasteiger partial charge in [0.05, 0.1) is 9.79 Å². The van der Waals surface area contributed by atoms with Gasteiger partial charge in [-0.1, -0.05) is 0 Å². The van der Waals surface area contributed by atoms with Crippen molar-refractivity contribution in [3.05, 3.63) is 43.7 Å². The molecule has 136 valence electrons. The van der Waals surface area contributed by atoms with Gasteiger partial charge in [-0.25, -0.2) is 8.42 Å². The van der Waals surface area contributed by atoms with Gasteiger partial charge in [-0.2, -0.15) is 0 Å². The van der Waals surface area contributed by atoms with Crippen molar-refractivity contribution in [2.45, 2.75) is 37.5 Å². The fourth-order valence-electron chi connectivity index (χ4n) is 2.40. The van der Waals surface area contributed by atoms with E-state index in [2.05, 4.69) is 136 Å². The van der Waals surface area contributed by atoms with Crippen LogP contribution in [0.2, 0.25) is 0 Å². The maximum absolute atomic E-state index is 13.7. The zero-order valence-electron chi connectivity index (χ0n) is 13.5. The highest BCUT2D eigenvalue weighted by molar-refractivity contribution is 14.1. The minimum Gasteiger partial charge on any atom is -0.218 e. The van der Waals surface area contributed by atoms with E-state index in [1.54, 1.807) is 0 Å². The van der Waals surface area contributed by atoms with Crippen LogP contribution < -0.4 is 0 Å². The summed E-state index contributed by atoms with van der Waals surface area (Å²) in [5.41, 5.74) is 4.12. The van der Waals surface area contributed by atoms with E-state index in [0.717, 1.165) is 43.7 Å². The van der Waals surface area contributed by atoms with E-state index in [9.17, 15) is 8.42 Å². The van der Waals surface area contributed by atoms with E-state index in [1.807, 2.05) is 27.7 Å². The molecule has 0 aliphatic rings. The van der Waals surface area contributed by atoms with Gasteiger partial charge < -0.3 is 0 Å². The molecule has 25 heavy (non-hydrogen) atoms. The molecule has 0 saturated heterocycles. The van der Waals surface area contributed by atoms with Crippen LogP contribution in [0.15, 0.2) is 9.79 Å². The summed E-state index contributed by atoms with van der Waals surface area (Å²) < 4.78 is 33.0. The van der Waals surface area contributed by atoms with Gasteiger partial charge in [0, 0.05) is 21.4 Å². The molecule has 9 heteroatoms. The molecule has 0 aliphatic carbocycles. The van der Waals surface area contributed by atoms with Gasteiger partial charge in [-0.3, -0.25) is 0 Å². The first-order chi connectivity index (χ1) is 11.4. The molecule has 2 aromatic rings. The van der Waals surface area contributed by atoms with Gasteiger partial charge in [0.25, 0.3) is 0 Å². The van der Waals surface area contributed by atoms with Crippen molar-refractivity contribution < 1.29 is 8.42 Å². The Hall–Kier alpha value is 2.77. The Morgan fingerprint density at radius 1 is 0.480 bits per heavy atom. The predicted octanol–water partition coefficient (Wildman–Crippen LogP) is 7.38. The van der Waals surface area contributed by atoms with Crippen LogP contribution in [0.1, 0.15) is 22.3 Å². The Bertz CT molecular complexity index is 879. The van der Waals surface area contributed by atoms with Crippen molar-refractivity contribution in [2.75, 3.05) is 0 Å². The van der Waals surface area contributed by atoms with Crippen molar-refractivity contribution in [1.29, 1.82) is 0 Å². The second-order valence-electron chi connectivity index (χ2n) is 5.55. The van der Waals surface area contributed by atoms with E-state index in [1.165, 1.54) is 0 Å². The molecule has 0 spiro atoms. The molecule has 0 unspecified atom stereocenters. The molecule has 0 radical (unpaired) electrons. The largest absolute Gasteiger partial charge is 0.218 e. The molecule has 0 bridgehead atoms. The third-order valence-corrected chi connectivity index (χ3v) is 16.0. The van der Waals surface area contributed by atoms with Crippen molar-refractivity contribution in [1.82, 2.24) is 0 Å². The van der Waals surface area contributed by atoms with Gasteiger partial charge in [-0.05, 0) is 185 Å². The molecule has 0 saturated carbocycles. The van der Waals surface area contributed by atoms with Crippen molar-refractivity contribution in [3.63, 3.8) is 0 Å². The third-order valence-electron chi connectivity index (χ3n) is 3.97. The molecule has 0 heterocycles. The van der Waals surface area contributed by atoms with Gasteiger partial charge in [-0.15, -0.1) is 0 Å². The highest BCUT2D eigenvalue weighted by Crippen LogP contribution is 2.41. The van der Waals surface area contributed by atoms with E-state index in [0.29, 0.717) is 9.79 Å². The molecule has 2 nitrogen and oxygen atoms in total. The van der Waals surface area contributed by atoms with Gasteiger partial charge in [0.15, 0.2) is 0 Å². The predicted molar refractivity (Wildman–Crippen MR) is 154 cm³/mol. The minimum atomic E-state index is -3.62. The van der Waals surface area contributed by atoms with Crippen LogP contribution in [-0.4, -0.2) is 8.42 Å². The minimum absolute atomic E-state index is 0.444. The van der Waals surface area contributed by atoms with Crippen molar-refractivity contribution in [3.8, 4) is 0 Å². The van der Waals surface area contributed by atoms with Crippen LogP contribution in [0.5, 0.6) is 0 Å². The van der Waals surface area contributed by atoms with Crippen LogP contribution >= 0.6 is 136 Å². The summed E-state index contributed by atoms with van der Waals surface area (Å²) in [5, 5.41) is 0. The quantitative estimate of drug-likeness (QED) is 0.295. The summed E-state index contributed by atoms with van der Waals surface area (Å²) >= 11 is 13.3. The Morgan fingerprint density at radius 2 is 0.680 bits per heavy atom. The van der Waals surface area contributed by atoms with Crippen LogP contribution in [0.25, 0.3) is 0 Å². The van der Waals surface area contributed by atoms with E-state index >= 15 is 0 Å². The first kappa shape index (κ1) is 24.0. The fourth-order valence-corrected chi connectivity index (χ4v) is 14.0. The lowest BCUT2D eigenvalue weighted by Crippen LogP contribution is -2.15. The van der Waals surface area contributed by atoms with Gasteiger partial charge in [0.1, 0.15) is 0 Å². The zero-order chi connectivity index (χ0) is 19.4. The highest BCUT2D eigenvalue weighted by atomic mass is 127. The number of hydrogen-bond acceptors (Lipinski definition) is 2. The molecule has 2 aromatic carbocycles. The summed E-state index contributed by atoms with van der Waals surface area (Å²) in [6, 6.07) is 0. The summed E-state index contributed by atoms with van der Waals surface area (Å²) in [6.07, 6.45) is 0. The molecule has 0 aliphatic heterocycles. The molecule has 0 fully saturated rings. The van der Waals surface area contributed by atoms with E-state index in [-0.39, 0.29) is 0 Å². The number of hydrogen-bond donors (Lipinski definition) is 0. The molecular formula is C16H12I6O2S. The van der Waals surface area contributed by atoms with Crippen molar-refractivity contribution in [2.24, 2.45) is 0 Å². The molecule has 0 aromatic heterocycles. The first-order valence-corrected chi connectivity index (χ1v) is 14.8. The molecule has 2 rings (SSSR count). The number of benzene rings is 2. The SMILES string of the molecule is Cc1c(I)c(C)c(I)c(S(=O)(=O)c2c(I)c(C)c(I)c(C)c2I)c1I. The average Bonchev–Trinajstić information content (AvgIpc) is 2.54. The second kappa shape index (κ2) is 8.87. The standard InChI is InChI=1S/C16H12I6O2S/c1-5-9(17)6(2)12(20)15(11(5)19)25(23,24)16-13(21)7(3)10(18)8(4)14(16)22/h1-4H3. The Morgan fingerprint density at radius 3 is 0.880 bits per heavy atom. The van der Waals surface area contributed by atoms with Gasteiger partial charge >= 0.3 is 0 Å². The number of rotatable bonds is 2. The molecule has 0 atom stereocenters. The second-order valence-corrected chi connectivity index (χ2v) is 13.8. The summed E-state index contributed by atoms with van der Waals surface area (Å²) in [7, 11) is -3.62. The lowest BCUT2D eigenvalue weighted by atomic mass is 10.2. The Labute approximate surface area is 230 Å². The molecule has 0 amide bonds. The molecule has 0 N–H and O–H groups in total. The topological polar surface area (TPSA) is 34.1 Å². The monoisotopic (exact) mass is 1030 g/mol. The van der Waals surface area contributed by atoms with Gasteiger partial charge in [0.2, 0.25) is 9.84 Å². The first-order valence-electron chi connectivity index (χ1n) is 6.88. The maximum atomic E-state index is 13.7. The van der Waals surface area contributed by atoms with Crippen LogP contribution in [0.4, 0.5) is 0 Å². The van der Waals surface area contributed by atoms with Crippen LogP contribution in [-0.2, 0) is 9.84 Å². The lowest BCUT2D eigenvalue weighted by molar-refractivity contribution is 0.593. The third kappa shape index (κ3) is 4.17.